The molecule has 2 N–H and O–H groups in total. The molecule has 1 fully saturated rings. The molecule has 1 heterocycles. The molecule has 26 heavy (non-hydrogen) atoms. The van der Waals surface area contributed by atoms with E-state index < -0.39 is 0 Å². The first-order valence-corrected chi connectivity index (χ1v) is 9.61. The minimum Gasteiger partial charge on any atom is -0.497 e. The fraction of sp³-hybridized carbons (Fsp3) is 0.600. The first-order chi connectivity index (χ1) is 12.7. The van der Waals surface area contributed by atoms with E-state index in [1.807, 2.05) is 24.0 Å². The topological polar surface area (TPSA) is 66.0 Å². The first-order valence-electron chi connectivity index (χ1n) is 9.61. The lowest BCUT2D eigenvalue weighted by Crippen LogP contribution is -2.45. The van der Waals surface area contributed by atoms with Crippen LogP contribution in [0.1, 0.15) is 38.7 Å². The van der Waals surface area contributed by atoms with Gasteiger partial charge in [-0.1, -0.05) is 19.1 Å². The minimum absolute atomic E-state index is 0.231. The third-order valence-electron chi connectivity index (χ3n) is 4.56. The van der Waals surface area contributed by atoms with Gasteiger partial charge in [0.1, 0.15) is 5.75 Å². The highest BCUT2D eigenvalue weighted by atomic mass is 16.5. The van der Waals surface area contributed by atoms with Crippen LogP contribution in [0.2, 0.25) is 0 Å². The lowest BCUT2D eigenvalue weighted by Gasteiger charge is -2.18. The number of nitrogens with zero attached hydrogens (tertiary/aromatic N) is 2. The number of carbonyl (C=O) groups is 1. The number of nitrogens with one attached hydrogen (secondary N) is 2. The smallest absolute Gasteiger partial charge is 0.222 e. The number of amides is 1. The Morgan fingerprint density at radius 1 is 1.38 bits per heavy atom. The van der Waals surface area contributed by atoms with E-state index in [2.05, 4.69) is 34.7 Å². The molecule has 0 saturated carbocycles. The number of guanidine groups is 1. The van der Waals surface area contributed by atoms with Gasteiger partial charge in [-0.25, -0.2) is 0 Å². The van der Waals surface area contributed by atoms with Crippen molar-refractivity contribution >= 4 is 11.9 Å². The van der Waals surface area contributed by atoms with Gasteiger partial charge in [0.05, 0.1) is 7.11 Å². The Morgan fingerprint density at radius 2 is 2.23 bits per heavy atom. The van der Waals surface area contributed by atoms with Gasteiger partial charge in [0.2, 0.25) is 5.91 Å². The van der Waals surface area contributed by atoms with Crippen LogP contribution < -0.4 is 15.4 Å². The van der Waals surface area contributed by atoms with E-state index in [4.69, 9.17) is 4.74 Å². The predicted molar refractivity (Wildman–Crippen MR) is 106 cm³/mol. The molecule has 1 aromatic carbocycles. The van der Waals surface area contributed by atoms with Crippen molar-refractivity contribution in [1.82, 2.24) is 15.5 Å². The summed E-state index contributed by atoms with van der Waals surface area (Å²) in [5, 5.41) is 6.77. The number of methoxy groups -OCH3 is 1. The fourth-order valence-electron chi connectivity index (χ4n) is 3.14. The van der Waals surface area contributed by atoms with Crippen molar-refractivity contribution in [2.45, 2.75) is 45.6 Å². The zero-order chi connectivity index (χ0) is 18.8. The lowest BCUT2D eigenvalue weighted by atomic mass is 10.1. The molecule has 0 bridgehead atoms. The molecular formula is C20H32N4O2. The van der Waals surface area contributed by atoms with E-state index in [0.29, 0.717) is 6.42 Å². The van der Waals surface area contributed by atoms with Crippen LogP contribution >= 0.6 is 0 Å². The van der Waals surface area contributed by atoms with E-state index in [1.54, 1.807) is 7.11 Å². The van der Waals surface area contributed by atoms with Crippen LogP contribution in [0.15, 0.2) is 29.3 Å². The molecule has 1 aliphatic heterocycles. The lowest BCUT2D eigenvalue weighted by molar-refractivity contribution is -0.129. The van der Waals surface area contributed by atoms with Crippen molar-refractivity contribution in [1.29, 1.82) is 0 Å². The summed E-state index contributed by atoms with van der Waals surface area (Å²) in [6.45, 7) is 7.16. The molecule has 1 amide bonds. The summed E-state index contributed by atoms with van der Waals surface area (Å²) in [7, 11) is 1.69. The van der Waals surface area contributed by atoms with Gasteiger partial charge in [-0.3, -0.25) is 9.79 Å². The molecule has 0 aromatic heterocycles. The van der Waals surface area contributed by atoms with Gasteiger partial charge in [-0.15, -0.1) is 0 Å². The van der Waals surface area contributed by atoms with Gasteiger partial charge in [0.25, 0.3) is 0 Å². The van der Waals surface area contributed by atoms with Gasteiger partial charge >= 0.3 is 0 Å². The average Bonchev–Trinajstić information content (AvgIpc) is 3.13. The summed E-state index contributed by atoms with van der Waals surface area (Å²) >= 11 is 0. The van der Waals surface area contributed by atoms with Crippen LogP contribution in [-0.4, -0.2) is 56.1 Å². The van der Waals surface area contributed by atoms with Gasteiger partial charge in [-0.2, -0.15) is 0 Å². The molecule has 6 nitrogen and oxygen atoms in total. The van der Waals surface area contributed by atoms with E-state index in [9.17, 15) is 4.79 Å². The molecule has 0 aliphatic carbocycles. The van der Waals surface area contributed by atoms with Crippen LogP contribution in [0.3, 0.4) is 0 Å². The number of aliphatic imine (C=N–C) groups is 1. The molecule has 1 saturated heterocycles. The van der Waals surface area contributed by atoms with Crippen LogP contribution in [-0.2, 0) is 11.2 Å². The second-order valence-corrected chi connectivity index (χ2v) is 6.54. The summed E-state index contributed by atoms with van der Waals surface area (Å²) < 4.78 is 5.26. The fourth-order valence-corrected chi connectivity index (χ4v) is 3.14. The van der Waals surface area contributed by atoms with Gasteiger partial charge in [0, 0.05) is 38.6 Å². The average molecular weight is 361 g/mol. The molecule has 2 rings (SSSR count). The van der Waals surface area contributed by atoms with Crippen molar-refractivity contribution < 1.29 is 9.53 Å². The SMILES string of the molecule is CCNC(=NCCCc1cccc(OC)c1)NC1CCN(C(=O)CC)C1. The summed E-state index contributed by atoms with van der Waals surface area (Å²) in [4.78, 5) is 18.4. The quantitative estimate of drug-likeness (QED) is 0.424. The van der Waals surface area contributed by atoms with Crippen LogP contribution in [0.25, 0.3) is 0 Å². The Hall–Kier alpha value is -2.24. The van der Waals surface area contributed by atoms with Gasteiger partial charge < -0.3 is 20.3 Å². The Morgan fingerprint density at radius 3 is 2.96 bits per heavy atom. The zero-order valence-corrected chi connectivity index (χ0v) is 16.3. The maximum Gasteiger partial charge on any atom is 0.222 e. The van der Waals surface area contributed by atoms with E-state index >= 15 is 0 Å². The van der Waals surface area contributed by atoms with E-state index in [1.165, 1.54) is 5.56 Å². The Kier molecular flexibility index (Phi) is 8.25. The summed E-state index contributed by atoms with van der Waals surface area (Å²) in [6, 6.07) is 8.45. The van der Waals surface area contributed by atoms with Gasteiger partial charge in [0.15, 0.2) is 5.96 Å². The zero-order valence-electron chi connectivity index (χ0n) is 16.3. The predicted octanol–water partition coefficient (Wildman–Crippen LogP) is 2.19. The second kappa shape index (κ2) is 10.7. The highest BCUT2D eigenvalue weighted by molar-refractivity contribution is 5.80. The molecule has 1 atom stereocenters. The third-order valence-corrected chi connectivity index (χ3v) is 4.56. The van der Waals surface area contributed by atoms with Gasteiger partial charge in [-0.05, 0) is 43.9 Å². The highest BCUT2D eigenvalue weighted by Crippen LogP contribution is 2.14. The van der Waals surface area contributed by atoms with Crippen molar-refractivity contribution in [3.05, 3.63) is 29.8 Å². The molecule has 1 unspecified atom stereocenters. The molecule has 0 radical (unpaired) electrons. The largest absolute Gasteiger partial charge is 0.497 e. The Labute approximate surface area is 157 Å². The summed E-state index contributed by atoms with van der Waals surface area (Å²) in [5.74, 6) is 1.97. The third kappa shape index (κ3) is 6.24. The normalized spacial score (nSPS) is 17.3. The number of hydrogen-bond acceptors (Lipinski definition) is 3. The van der Waals surface area contributed by atoms with Crippen molar-refractivity contribution in [2.24, 2.45) is 4.99 Å². The molecule has 0 spiro atoms. The van der Waals surface area contributed by atoms with Crippen LogP contribution in [0.4, 0.5) is 0 Å². The monoisotopic (exact) mass is 360 g/mol. The van der Waals surface area contributed by atoms with Crippen molar-refractivity contribution in [3.63, 3.8) is 0 Å². The molecule has 1 aliphatic rings. The highest BCUT2D eigenvalue weighted by Gasteiger charge is 2.25. The second-order valence-electron chi connectivity index (χ2n) is 6.54. The molecule has 6 heteroatoms. The number of likely N-dealkylation sites (tertiary alicyclic amines) is 1. The number of hydrogen-bond donors (Lipinski definition) is 2. The van der Waals surface area contributed by atoms with Crippen molar-refractivity contribution in [2.75, 3.05) is 33.3 Å². The van der Waals surface area contributed by atoms with E-state index in [0.717, 1.165) is 57.2 Å². The van der Waals surface area contributed by atoms with Crippen LogP contribution in [0, 0.1) is 0 Å². The molecule has 1 aromatic rings. The summed E-state index contributed by atoms with van der Waals surface area (Å²) in [5.41, 5.74) is 1.27. The Bertz CT molecular complexity index is 603. The molecule has 144 valence electrons. The summed E-state index contributed by atoms with van der Waals surface area (Å²) in [6.07, 6.45) is 3.50. The number of aryl methyl sites for hydroxylation is 1. The number of rotatable bonds is 8. The minimum atomic E-state index is 0.231. The Balaban J connectivity index is 1.80. The van der Waals surface area contributed by atoms with Crippen LogP contribution in [0.5, 0.6) is 5.75 Å². The number of benzene rings is 1. The van der Waals surface area contributed by atoms with Crippen molar-refractivity contribution in [3.8, 4) is 5.75 Å². The number of carbonyl (C=O) groups excluding carboxylic acids is 1. The first kappa shape index (κ1) is 20.1. The maximum absolute atomic E-state index is 11.8. The molecular weight excluding hydrogens is 328 g/mol. The maximum atomic E-state index is 11.8. The standard InChI is InChI=1S/C20H32N4O2/c1-4-19(25)24-13-11-17(15-24)23-20(21-5-2)22-12-7-9-16-8-6-10-18(14-16)26-3/h6,8,10,14,17H,4-5,7,9,11-13,15H2,1-3H3,(H2,21,22,23). The van der Waals surface area contributed by atoms with E-state index in [-0.39, 0.29) is 11.9 Å². The number of ether oxygens (including phenoxy) is 1.